The van der Waals surface area contributed by atoms with E-state index in [9.17, 15) is 9.18 Å². The van der Waals surface area contributed by atoms with Crippen molar-refractivity contribution in [2.24, 2.45) is 0 Å². The monoisotopic (exact) mass is 271 g/mol. The highest BCUT2D eigenvalue weighted by molar-refractivity contribution is 5.95. The first-order valence-corrected chi connectivity index (χ1v) is 6.81. The highest BCUT2D eigenvalue weighted by Crippen LogP contribution is 2.22. The minimum atomic E-state index is -0.387. The van der Waals surface area contributed by atoms with Crippen LogP contribution in [0.2, 0.25) is 0 Å². The van der Waals surface area contributed by atoms with Gasteiger partial charge in [-0.05, 0) is 43.2 Å². The lowest BCUT2D eigenvalue weighted by molar-refractivity contribution is 0.0772. The predicted octanol–water partition coefficient (Wildman–Crippen LogP) is 3.97. The van der Waals surface area contributed by atoms with Crippen LogP contribution in [0.4, 0.5) is 4.39 Å². The summed E-state index contributed by atoms with van der Waals surface area (Å²) in [4.78, 5) is 14.0. The van der Waals surface area contributed by atoms with Crippen molar-refractivity contribution in [1.82, 2.24) is 4.90 Å². The zero-order valence-electron chi connectivity index (χ0n) is 11.8. The van der Waals surface area contributed by atoms with Crippen molar-refractivity contribution in [2.75, 3.05) is 13.1 Å². The van der Waals surface area contributed by atoms with Gasteiger partial charge in [0.25, 0.3) is 5.91 Å². The van der Waals surface area contributed by atoms with Crippen molar-refractivity contribution in [3.05, 3.63) is 59.9 Å². The smallest absolute Gasteiger partial charge is 0.253 e. The quantitative estimate of drug-likeness (QED) is 0.823. The van der Waals surface area contributed by atoms with Crippen LogP contribution >= 0.6 is 0 Å². The fourth-order valence-corrected chi connectivity index (χ4v) is 2.20. The highest BCUT2D eigenvalue weighted by Gasteiger charge is 2.14. The molecule has 1 amide bonds. The molecule has 0 aliphatic heterocycles. The number of amides is 1. The van der Waals surface area contributed by atoms with Gasteiger partial charge in [-0.1, -0.05) is 30.3 Å². The molecule has 0 N–H and O–H groups in total. The van der Waals surface area contributed by atoms with Crippen LogP contribution in [0, 0.1) is 5.82 Å². The second kappa shape index (κ2) is 6.33. The molecular formula is C17H18FNO. The molecule has 0 heterocycles. The van der Waals surface area contributed by atoms with Crippen molar-refractivity contribution < 1.29 is 9.18 Å². The van der Waals surface area contributed by atoms with Crippen LogP contribution in [0.1, 0.15) is 24.2 Å². The Morgan fingerprint density at radius 1 is 1.00 bits per heavy atom. The fourth-order valence-electron chi connectivity index (χ4n) is 2.20. The summed E-state index contributed by atoms with van der Waals surface area (Å²) >= 11 is 0. The van der Waals surface area contributed by atoms with Gasteiger partial charge in [-0.15, -0.1) is 0 Å². The molecule has 2 aromatic carbocycles. The third kappa shape index (κ3) is 3.05. The SMILES string of the molecule is CCN(CC)C(=O)c1cc(F)cc(-c2ccccc2)c1. The number of carbonyl (C=O) groups is 1. The van der Waals surface area contributed by atoms with Gasteiger partial charge >= 0.3 is 0 Å². The van der Waals surface area contributed by atoms with Gasteiger partial charge in [0.2, 0.25) is 0 Å². The van der Waals surface area contributed by atoms with Gasteiger partial charge in [-0.3, -0.25) is 4.79 Å². The van der Waals surface area contributed by atoms with E-state index in [1.54, 1.807) is 11.0 Å². The Balaban J connectivity index is 2.42. The van der Waals surface area contributed by atoms with Crippen molar-refractivity contribution in [3.63, 3.8) is 0 Å². The summed E-state index contributed by atoms with van der Waals surface area (Å²) in [5.41, 5.74) is 2.02. The molecule has 0 atom stereocenters. The maximum absolute atomic E-state index is 13.8. The van der Waals surface area contributed by atoms with Crippen LogP contribution in [-0.4, -0.2) is 23.9 Å². The van der Waals surface area contributed by atoms with Gasteiger partial charge in [-0.2, -0.15) is 0 Å². The average molecular weight is 271 g/mol. The maximum Gasteiger partial charge on any atom is 0.253 e. The van der Waals surface area contributed by atoms with Gasteiger partial charge in [-0.25, -0.2) is 4.39 Å². The first kappa shape index (κ1) is 14.3. The van der Waals surface area contributed by atoms with Crippen LogP contribution in [-0.2, 0) is 0 Å². The van der Waals surface area contributed by atoms with E-state index in [2.05, 4.69) is 0 Å². The molecule has 0 aliphatic rings. The molecule has 0 aromatic heterocycles. The van der Waals surface area contributed by atoms with Crippen molar-refractivity contribution in [1.29, 1.82) is 0 Å². The van der Waals surface area contributed by atoms with Crippen LogP contribution in [0.15, 0.2) is 48.5 Å². The zero-order valence-corrected chi connectivity index (χ0v) is 11.8. The molecule has 2 nitrogen and oxygen atoms in total. The summed E-state index contributed by atoms with van der Waals surface area (Å²) in [7, 11) is 0. The molecule has 0 fully saturated rings. The molecule has 3 heteroatoms. The van der Waals surface area contributed by atoms with Crippen LogP contribution in [0.3, 0.4) is 0 Å². The largest absolute Gasteiger partial charge is 0.339 e. The molecule has 20 heavy (non-hydrogen) atoms. The number of nitrogens with zero attached hydrogens (tertiary/aromatic N) is 1. The van der Waals surface area contributed by atoms with Crippen LogP contribution in [0.5, 0.6) is 0 Å². The number of carbonyl (C=O) groups excluding carboxylic acids is 1. The van der Waals surface area contributed by atoms with Gasteiger partial charge < -0.3 is 4.90 Å². The molecule has 0 spiro atoms. The summed E-state index contributed by atoms with van der Waals surface area (Å²) in [6.07, 6.45) is 0. The minimum Gasteiger partial charge on any atom is -0.339 e. The Hall–Kier alpha value is -2.16. The third-order valence-corrected chi connectivity index (χ3v) is 3.30. The normalized spacial score (nSPS) is 10.3. The van der Waals surface area contributed by atoms with Gasteiger partial charge in [0.1, 0.15) is 5.82 Å². The van der Waals surface area contributed by atoms with E-state index < -0.39 is 0 Å². The van der Waals surface area contributed by atoms with Gasteiger partial charge in [0.15, 0.2) is 0 Å². The Labute approximate surface area is 118 Å². The summed E-state index contributed by atoms with van der Waals surface area (Å²) in [5, 5.41) is 0. The molecule has 2 aromatic rings. The standard InChI is InChI=1S/C17H18FNO/c1-3-19(4-2)17(20)15-10-14(11-16(18)12-15)13-8-6-5-7-9-13/h5-12H,3-4H2,1-2H3. The van der Waals surface area contributed by atoms with Crippen molar-refractivity contribution in [2.45, 2.75) is 13.8 Å². The second-order valence-electron chi connectivity index (χ2n) is 4.57. The Bertz CT molecular complexity index is 591. The molecule has 0 radical (unpaired) electrons. The zero-order chi connectivity index (χ0) is 14.5. The Morgan fingerprint density at radius 3 is 2.25 bits per heavy atom. The van der Waals surface area contributed by atoms with E-state index in [0.717, 1.165) is 11.1 Å². The van der Waals surface area contributed by atoms with E-state index in [1.165, 1.54) is 12.1 Å². The highest BCUT2D eigenvalue weighted by atomic mass is 19.1. The van der Waals surface area contributed by atoms with E-state index in [0.29, 0.717) is 18.7 Å². The Morgan fingerprint density at radius 2 is 1.65 bits per heavy atom. The van der Waals surface area contributed by atoms with Gasteiger partial charge in [0.05, 0.1) is 0 Å². The number of halogens is 1. The molecule has 0 unspecified atom stereocenters. The lowest BCUT2D eigenvalue weighted by Crippen LogP contribution is -2.30. The van der Waals surface area contributed by atoms with E-state index in [1.807, 2.05) is 44.2 Å². The van der Waals surface area contributed by atoms with Crippen LogP contribution in [0.25, 0.3) is 11.1 Å². The first-order chi connectivity index (χ1) is 9.65. The van der Waals surface area contributed by atoms with Gasteiger partial charge in [0, 0.05) is 18.7 Å². The summed E-state index contributed by atoms with van der Waals surface area (Å²) < 4.78 is 13.8. The number of hydrogen-bond acceptors (Lipinski definition) is 1. The number of hydrogen-bond donors (Lipinski definition) is 0. The maximum atomic E-state index is 13.8. The van der Waals surface area contributed by atoms with Crippen molar-refractivity contribution in [3.8, 4) is 11.1 Å². The molecule has 104 valence electrons. The summed E-state index contributed by atoms with van der Waals surface area (Å²) in [6, 6.07) is 14.0. The van der Waals surface area contributed by atoms with E-state index in [4.69, 9.17) is 0 Å². The molecular weight excluding hydrogens is 253 g/mol. The lowest BCUT2D eigenvalue weighted by Gasteiger charge is -2.19. The molecule has 0 bridgehead atoms. The van der Waals surface area contributed by atoms with E-state index in [-0.39, 0.29) is 11.7 Å². The molecule has 0 saturated carbocycles. The fraction of sp³-hybridized carbons (Fsp3) is 0.235. The minimum absolute atomic E-state index is 0.133. The topological polar surface area (TPSA) is 20.3 Å². The van der Waals surface area contributed by atoms with E-state index >= 15 is 0 Å². The summed E-state index contributed by atoms with van der Waals surface area (Å²) in [6.45, 7) is 5.07. The first-order valence-electron chi connectivity index (χ1n) is 6.81. The number of rotatable bonds is 4. The molecule has 2 rings (SSSR count). The molecule has 0 aliphatic carbocycles. The summed E-state index contributed by atoms with van der Waals surface area (Å²) in [5.74, 6) is -0.520. The van der Waals surface area contributed by atoms with Crippen LogP contribution < -0.4 is 0 Å². The average Bonchev–Trinajstić information content (AvgIpc) is 2.48. The Kier molecular flexibility index (Phi) is 4.51. The third-order valence-electron chi connectivity index (χ3n) is 3.30. The second-order valence-corrected chi connectivity index (χ2v) is 4.57. The number of benzene rings is 2. The predicted molar refractivity (Wildman–Crippen MR) is 79.1 cm³/mol. The van der Waals surface area contributed by atoms with Crippen molar-refractivity contribution >= 4 is 5.91 Å². The molecule has 0 saturated heterocycles. The lowest BCUT2D eigenvalue weighted by atomic mass is 10.0.